The lowest BCUT2D eigenvalue weighted by Gasteiger charge is -2.24. The molecule has 0 aliphatic carbocycles. The number of nitrogens with zero attached hydrogens (tertiary/aromatic N) is 1. The van der Waals surface area contributed by atoms with Gasteiger partial charge < -0.3 is 40.6 Å². The highest BCUT2D eigenvalue weighted by Crippen LogP contribution is 2.35. The molecule has 14 heteroatoms. The summed E-state index contributed by atoms with van der Waals surface area (Å²) in [7, 11) is 1.28. The number of nitrogens with one attached hydrogen (secondary N) is 2. The van der Waals surface area contributed by atoms with Crippen LogP contribution in [0.1, 0.15) is 45.7 Å². The van der Waals surface area contributed by atoms with Crippen molar-refractivity contribution in [3.63, 3.8) is 0 Å². The number of ether oxygens (including phenoxy) is 3. The molecule has 0 fully saturated rings. The third kappa shape index (κ3) is 14.8. The number of carbonyl (C=O) groups excluding carboxylic acids is 3. The van der Waals surface area contributed by atoms with Gasteiger partial charge >= 0.3 is 11.9 Å². The molecule has 12 nitrogen and oxygen atoms in total. The number of carboxylic acid groups (broad SMARTS) is 1. The van der Waals surface area contributed by atoms with Gasteiger partial charge in [-0.1, -0.05) is 145 Å². The van der Waals surface area contributed by atoms with Crippen molar-refractivity contribution in [1.29, 1.82) is 0 Å². The second-order valence-electron chi connectivity index (χ2n) is 17.1. The van der Waals surface area contributed by atoms with E-state index in [9.17, 15) is 24.3 Å². The topological polar surface area (TPSA) is 170 Å². The number of anilines is 2. The van der Waals surface area contributed by atoms with E-state index in [1.54, 1.807) is 30.3 Å². The Morgan fingerprint density at radius 1 is 0.547 bits per heavy atom. The number of methoxy groups -OCH3 is 1. The predicted molar refractivity (Wildman–Crippen MR) is 297 cm³/mol. The standard InChI is InChI=1S/C32H31ClN2O4.C29H25ClN2O4/c1-3-35(4-2)29-19-18-24(33)21-27(29)31(36)34-28(32(37)38)20-22-14-16-23(17-15-22)26-12-8-9-13-30(26)39-25-10-6-5-7-11-25;1-35-29(34)26(32-28(33)24-18-21(30)15-16-25(24)31)17-19-11-13-20(14-12-19)23-9-5-6-10-27(23)36-22-7-3-2-4-8-22/h5-19,21,28H,3-4,20H2,1-2H3,(H,34,36)(H,37,38);2-16,18,26H,17,31H2,1H3,(H,32,33)/t28-;26-/m00/s1. The zero-order valence-electron chi connectivity index (χ0n) is 41.5. The van der Waals surface area contributed by atoms with Gasteiger partial charge in [0, 0.05) is 58.5 Å². The highest BCUT2D eigenvalue weighted by molar-refractivity contribution is 6.31. The van der Waals surface area contributed by atoms with E-state index in [1.807, 2.05) is 176 Å². The molecule has 8 aromatic carbocycles. The van der Waals surface area contributed by atoms with Crippen molar-refractivity contribution < 1.29 is 38.5 Å². The molecule has 0 saturated heterocycles. The Morgan fingerprint density at radius 2 is 0.973 bits per heavy atom. The van der Waals surface area contributed by atoms with Crippen LogP contribution in [-0.2, 0) is 27.2 Å². The number of aliphatic carboxylic acids is 1. The van der Waals surface area contributed by atoms with E-state index < -0.39 is 35.8 Å². The highest BCUT2D eigenvalue weighted by atomic mass is 35.5. The zero-order valence-corrected chi connectivity index (χ0v) is 43.1. The largest absolute Gasteiger partial charge is 0.480 e. The van der Waals surface area contributed by atoms with Gasteiger partial charge in [-0.25, -0.2) is 9.59 Å². The lowest BCUT2D eigenvalue weighted by Crippen LogP contribution is -2.43. The van der Waals surface area contributed by atoms with Gasteiger partial charge in [0.25, 0.3) is 11.8 Å². The van der Waals surface area contributed by atoms with E-state index in [-0.39, 0.29) is 24.1 Å². The first-order valence-corrected chi connectivity index (χ1v) is 24.9. The summed E-state index contributed by atoms with van der Waals surface area (Å²) in [4.78, 5) is 52.6. The molecule has 0 saturated carbocycles. The summed E-state index contributed by atoms with van der Waals surface area (Å²) < 4.78 is 17.1. The fraction of sp³-hybridized carbons (Fsp3) is 0.148. The number of nitrogens with two attached hydrogens (primary N) is 1. The molecule has 2 amide bonds. The first-order chi connectivity index (χ1) is 36.3. The molecule has 0 unspecified atom stereocenters. The molecule has 0 aromatic heterocycles. The first-order valence-electron chi connectivity index (χ1n) is 24.2. The zero-order chi connectivity index (χ0) is 53.3. The van der Waals surface area contributed by atoms with Gasteiger partial charge in [0.15, 0.2) is 0 Å². The van der Waals surface area contributed by atoms with E-state index >= 15 is 0 Å². The molecular weight excluding hydrogens is 988 g/mol. The number of rotatable bonds is 19. The molecule has 0 spiro atoms. The average molecular weight is 1040 g/mol. The normalized spacial score (nSPS) is 11.4. The van der Waals surface area contributed by atoms with Crippen LogP contribution in [0, 0.1) is 0 Å². The Labute approximate surface area is 446 Å². The molecule has 75 heavy (non-hydrogen) atoms. The van der Waals surface area contributed by atoms with Crippen LogP contribution in [0.2, 0.25) is 10.0 Å². The van der Waals surface area contributed by atoms with Crippen molar-refractivity contribution in [2.75, 3.05) is 30.8 Å². The maximum atomic E-state index is 13.2. The van der Waals surface area contributed by atoms with Crippen LogP contribution in [0.25, 0.3) is 22.3 Å². The van der Waals surface area contributed by atoms with E-state index in [2.05, 4.69) is 10.6 Å². The monoisotopic (exact) mass is 1040 g/mol. The summed E-state index contributed by atoms with van der Waals surface area (Å²) >= 11 is 12.2. The minimum atomic E-state index is -1.11. The Morgan fingerprint density at radius 3 is 1.45 bits per heavy atom. The number of nitrogen functional groups attached to an aromatic ring is 1. The first kappa shape index (κ1) is 54.2. The quantitative estimate of drug-likeness (QED) is 0.0452. The molecule has 2 atom stereocenters. The van der Waals surface area contributed by atoms with Gasteiger partial charge in [0.05, 0.1) is 18.2 Å². The van der Waals surface area contributed by atoms with Crippen LogP contribution in [-0.4, -0.2) is 61.1 Å². The second kappa shape index (κ2) is 26.4. The number of benzene rings is 8. The SMILES string of the molecule is CCN(CC)c1ccc(Cl)cc1C(=O)N[C@@H](Cc1ccc(-c2ccccc2Oc2ccccc2)cc1)C(=O)O.COC(=O)[C@H](Cc1ccc(-c2ccccc2Oc2ccccc2)cc1)NC(=O)c1cc(Cl)ccc1N. The summed E-state index contributed by atoms with van der Waals surface area (Å²) in [6, 6.07) is 57.7. The average Bonchev–Trinajstić information content (AvgIpc) is 3.43. The highest BCUT2D eigenvalue weighted by Gasteiger charge is 2.26. The van der Waals surface area contributed by atoms with E-state index in [0.29, 0.717) is 34.4 Å². The van der Waals surface area contributed by atoms with Gasteiger partial charge in [-0.2, -0.15) is 0 Å². The van der Waals surface area contributed by atoms with Gasteiger partial charge in [-0.15, -0.1) is 0 Å². The maximum Gasteiger partial charge on any atom is 0.328 e. The molecule has 8 aromatic rings. The number of hydrogen-bond acceptors (Lipinski definition) is 9. The third-order valence-corrected chi connectivity index (χ3v) is 12.6. The van der Waals surface area contributed by atoms with Crippen LogP contribution in [0.3, 0.4) is 0 Å². The minimum absolute atomic E-state index is 0.130. The van der Waals surface area contributed by atoms with Gasteiger partial charge in [-0.05, 0) is 109 Å². The van der Waals surface area contributed by atoms with E-state index in [1.165, 1.54) is 13.2 Å². The number of carboxylic acids is 1. The van der Waals surface area contributed by atoms with Gasteiger partial charge in [0.1, 0.15) is 35.1 Å². The molecule has 5 N–H and O–H groups in total. The summed E-state index contributed by atoms with van der Waals surface area (Å²) in [5, 5.41) is 16.1. The Balaban J connectivity index is 0.000000219. The molecular formula is C61H56Cl2N4O8. The number of amides is 2. The second-order valence-corrected chi connectivity index (χ2v) is 18.0. The van der Waals surface area contributed by atoms with Crippen molar-refractivity contribution in [3.8, 4) is 45.3 Å². The summed E-state index contributed by atoms with van der Waals surface area (Å²) in [6.45, 7) is 5.39. The van der Waals surface area contributed by atoms with E-state index in [4.69, 9.17) is 43.1 Å². The number of carbonyl (C=O) groups is 4. The Kier molecular flexibility index (Phi) is 19.1. The van der Waals surface area contributed by atoms with Gasteiger partial charge in [0.2, 0.25) is 0 Å². The third-order valence-electron chi connectivity index (χ3n) is 12.1. The fourth-order valence-electron chi connectivity index (χ4n) is 8.19. The molecule has 0 bridgehead atoms. The Bertz CT molecular complexity index is 3210. The lowest BCUT2D eigenvalue weighted by atomic mass is 9.99. The molecule has 382 valence electrons. The smallest absolute Gasteiger partial charge is 0.328 e. The fourth-order valence-corrected chi connectivity index (χ4v) is 8.54. The summed E-state index contributed by atoms with van der Waals surface area (Å²) in [5.74, 6) is 0.288. The van der Waals surface area contributed by atoms with Crippen LogP contribution >= 0.6 is 23.2 Å². The molecule has 0 radical (unpaired) electrons. The van der Waals surface area contributed by atoms with Crippen LogP contribution in [0.5, 0.6) is 23.0 Å². The van der Waals surface area contributed by atoms with Gasteiger partial charge in [-0.3, -0.25) is 9.59 Å². The van der Waals surface area contributed by atoms with Crippen LogP contribution in [0.4, 0.5) is 11.4 Å². The molecule has 0 heterocycles. The molecule has 8 rings (SSSR count). The Hall–Kier alpha value is -8.58. The summed E-state index contributed by atoms with van der Waals surface area (Å²) in [6.07, 6.45) is 0.367. The predicted octanol–water partition coefficient (Wildman–Crippen LogP) is 13.0. The maximum absolute atomic E-state index is 13.2. The van der Waals surface area contributed by atoms with Crippen molar-refractivity contribution in [2.24, 2.45) is 0 Å². The number of esters is 1. The van der Waals surface area contributed by atoms with Crippen molar-refractivity contribution in [3.05, 3.63) is 226 Å². The number of para-hydroxylation sites is 4. The van der Waals surface area contributed by atoms with Crippen molar-refractivity contribution in [1.82, 2.24) is 10.6 Å². The lowest BCUT2D eigenvalue weighted by molar-refractivity contribution is -0.143. The molecule has 0 aliphatic heterocycles. The van der Waals surface area contributed by atoms with Crippen molar-refractivity contribution >= 4 is 58.3 Å². The molecule has 0 aliphatic rings. The number of hydrogen-bond donors (Lipinski definition) is 4. The van der Waals surface area contributed by atoms with Crippen LogP contribution < -0.4 is 30.7 Å². The van der Waals surface area contributed by atoms with Crippen LogP contribution in [0.15, 0.2) is 194 Å². The minimum Gasteiger partial charge on any atom is -0.480 e. The number of halogens is 2. The summed E-state index contributed by atoms with van der Waals surface area (Å²) in [5.41, 5.74) is 12.8. The van der Waals surface area contributed by atoms with E-state index in [0.717, 1.165) is 56.4 Å². The van der Waals surface area contributed by atoms with Crippen molar-refractivity contribution in [2.45, 2.75) is 38.8 Å².